The summed E-state index contributed by atoms with van der Waals surface area (Å²) in [5.41, 5.74) is 2.37. The number of rotatable bonds is 4. The standard InChI is InChI=1S/C22H30N6O/c1-4-27-11-12-28-20(18-13-24-25(3)15-18)14-23-21(28)22(27)7-9-26(10-8-22)16-19-6-5-17(2)29-19/h5-6,13-15H,4,7-12,16H2,1-3H3. The fourth-order valence-electron chi connectivity index (χ4n) is 5.21. The Labute approximate surface area is 171 Å². The minimum atomic E-state index is 0.0308. The van der Waals surface area contributed by atoms with Crippen LogP contribution in [0.1, 0.15) is 37.1 Å². The van der Waals surface area contributed by atoms with E-state index in [1.807, 2.05) is 31.0 Å². The van der Waals surface area contributed by atoms with Crippen LogP contribution in [0.15, 0.2) is 35.1 Å². The number of aryl methyl sites for hydroxylation is 2. The lowest BCUT2D eigenvalue weighted by molar-refractivity contribution is -0.00902. The topological polar surface area (TPSA) is 55.3 Å². The average Bonchev–Trinajstić information content (AvgIpc) is 3.44. The maximum Gasteiger partial charge on any atom is 0.129 e. The van der Waals surface area contributed by atoms with Gasteiger partial charge in [0.15, 0.2) is 0 Å². The van der Waals surface area contributed by atoms with Crippen molar-refractivity contribution in [1.29, 1.82) is 0 Å². The zero-order chi connectivity index (χ0) is 20.0. The Balaban J connectivity index is 1.41. The Morgan fingerprint density at radius 1 is 1.10 bits per heavy atom. The Morgan fingerprint density at radius 2 is 1.93 bits per heavy atom. The zero-order valence-electron chi connectivity index (χ0n) is 17.6. The van der Waals surface area contributed by atoms with Gasteiger partial charge in [0.25, 0.3) is 0 Å². The highest BCUT2D eigenvalue weighted by atomic mass is 16.3. The summed E-state index contributed by atoms with van der Waals surface area (Å²) < 4.78 is 10.1. The number of nitrogens with zero attached hydrogens (tertiary/aromatic N) is 6. The highest BCUT2D eigenvalue weighted by molar-refractivity contribution is 5.57. The van der Waals surface area contributed by atoms with Crippen LogP contribution in [-0.4, -0.2) is 55.3 Å². The molecule has 0 unspecified atom stereocenters. The van der Waals surface area contributed by atoms with E-state index in [9.17, 15) is 0 Å². The Bertz CT molecular complexity index is 991. The van der Waals surface area contributed by atoms with E-state index in [1.54, 1.807) is 0 Å². The highest BCUT2D eigenvalue weighted by Gasteiger charge is 2.46. The first-order valence-electron chi connectivity index (χ1n) is 10.7. The molecule has 0 N–H and O–H groups in total. The van der Waals surface area contributed by atoms with Gasteiger partial charge in [0, 0.05) is 45.0 Å². The largest absolute Gasteiger partial charge is 0.465 e. The first-order chi connectivity index (χ1) is 14.1. The number of aromatic nitrogens is 4. The van der Waals surface area contributed by atoms with Gasteiger partial charge in [0.05, 0.1) is 30.2 Å². The van der Waals surface area contributed by atoms with Gasteiger partial charge >= 0.3 is 0 Å². The first-order valence-corrected chi connectivity index (χ1v) is 10.7. The molecule has 0 atom stereocenters. The molecule has 5 rings (SSSR count). The van der Waals surface area contributed by atoms with E-state index < -0.39 is 0 Å². The predicted molar refractivity (Wildman–Crippen MR) is 111 cm³/mol. The fourth-order valence-corrected chi connectivity index (χ4v) is 5.21. The summed E-state index contributed by atoms with van der Waals surface area (Å²) in [6, 6.07) is 4.16. The Hall–Kier alpha value is -2.38. The van der Waals surface area contributed by atoms with E-state index in [2.05, 4.69) is 44.7 Å². The second kappa shape index (κ2) is 7.15. The molecule has 0 aliphatic carbocycles. The molecule has 3 aromatic rings. The van der Waals surface area contributed by atoms with E-state index in [0.717, 1.165) is 69.2 Å². The van der Waals surface area contributed by atoms with Gasteiger partial charge in [-0.25, -0.2) is 4.98 Å². The van der Waals surface area contributed by atoms with E-state index >= 15 is 0 Å². The van der Waals surface area contributed by atoms with Crippen LogP contribution in [0.3, 0.4) is 0 Å². The minimum absolute atomic E-state index is 0.0308. The Kier molecular flexibility index (Phi) is 4.59. The van der Waals surface area contributed by atoms with Crippen molar-refractivity contribution < 1.29 is 4.42 Å². The van der Waals surface area contributed by atoms with Gasteiger partial charge in [0.2, 0.25) is 0 Å². The van der Waals surface area contributed by atoms with Gasteiger partial charge in [-0.1, -0.05) is 6.92 Å². The molecule has 7 nitrogen and oxygen atoms in total. The fraction of sp³-hybridized carbons (Fsp3) is 0.545. The Morgan fingerprint density at radius 3 is 2.59 bits per heavy atom. The molecule has 7 heteroatoms. The first kappa shape index (κ1) is 18.6. The van der Waals surface area contributed by atoms with Crippen molar-refractivity contribution in [1.82, 2.24) is 29.1 Å². The molecule has 2 aliphatic heterocycles. The summed E-state index contributed by atoms with van der Waals surface area (Å²) in [4.78, 5) is 10.1. The third-order valence-electron chi connectivity index (χ3n) is 6.71. The number of hydrogen-bond donors (Lipinski definition) is 0. The quantitative estimate of drug-likeness (QED) is 0.681. The summed E-state index contributed by atoms with van der Waals surface area (Å²) in [6.45, 7) is 10.4. The van der Waals surface area contributed by atoms with Gasteiger partial charge in [-0.15, -0.1) is 0 Å². The maximum atomic E-state index is 5.80. The molecule has 0 aromatic carbocycles. The molecular weight excluding hydrogens is 364 g/mol. The third kappa shape index (κ3) is 3.13. The maximum absolute atomic E-state index is 5.80. The van der Waals surface area contributed by atoms with Crippen LogP contribution >= 0.6 is 0 Å². The van der Waals surface area contributed by atoms with Crippen LogP contribution in [0, 0.1) is 6.92 Å². The molecule has 1 fully saturated rings. The van der Waals surface area contributed by atoms with Crippen LogP contribution in [0.25, 0.3) is 11.3 Å². The monoisotopic (exact) mass is 394 g/mol. The number of fused-ring (bicyclic) bond motifs is 2. The van der Waals surface area contributed by atoms with Gasteiger partial charge in [0.1, 0.15) is 17.3 Å². The summed E-state index contributed by atoms with van der Waals surface area (Å²) in [6.07, 6.45) is 8.27. The summed E-state index contributed by atoms with van der Waals surface area (Å²) in [5.74, 6) is 3.29. The number of hydrogen-bond acceptors (Lipinski definition) is 5. The molecule has 0 bridgehead atoms. The molecule has 0 amide bonds. The number of likely N-dealkylation sites (N-methyl/N-ethyl adjacent to an activating group) is 1. The lowest BCUT2D eigenvalue weighted by Crippen LogP contribution is -2.57. The van der Waals surface area contributed by atoms with Crippen LogP contribution in [0.2, 0.25) is 0 Å². The van der Waals surface area contributed by atoms with Crippen molar-refractivity contribution in [3.63, 3.8) is 0 Å². The van der Waals surface area contributed by atoms with E-state index in [1.165, 1.54) is 11.5 Å². The SMILES string of the molecule is CCN1CCn2c(-c3cnn(C)c3)cnc2C12CCN(Cc1ccc(C)o1)CC2. The van der Waals surface area contributed by atoms with E-state index in [0.29, 0.717) is 0 Å². The summed E-state index contributed by atoms with van der Waals surface area (Å²) in [7, 11) is 1.97. The van der Waals surface area contributed by atoms with Gasteiger partial charge in [-0.3, -0.25) is 14.5 Å². The number of likely N-dealkylation sites (tertiary alicyclic amines) is 1. The van der Waals surface area contributed by atoms with Crippen molar-refractivity contribution >= 4 is 0 Å². The zero-order valence-corrected chi connectivity index (χ0v) is 17.6. The van der Waals surface area contributed by atoms with Crippen molar-refractivity contribution in [3.05, 3.63) is 48.1 Å². The predicted octanol–water partition coefficient (Wildman–Crippen LogP) is 3.01. The number of piperidine rings is 1. The smallest absolute Gasteiger partial charge is 0.129 e. The molecule has 29 heavy (non-hydrogen) atoms. The van der Waals surface area contributed by atoms with Crippen LogP contribution < -0.4 is 0 Å². The molecule has 2 aliphatic rings. The van der Waals surface area contributed by atoms with Crippen LogP contribution in [-0.2, 0) is 25.7 Å². The van der Waals surface area contributed by atoms with Gasteiger partial charge < -0.3 is 8.98 Å². The lowest BCUT2D eigenvalue weighted by atomic mass is 9.83. The highest BCUT2D eigenvalue weighted by Crippen LogP contribution is 2.42. The lowest BCUT2D eigenvalue weighted by Gasteiger charge is -2.50. The summed E-state index contributed by atoms with van der Waals surface area (Å²) >= 11 is 0. The minimum Gasteiger partial charge on any atom is -0.465 e. The molecule has 5 heterocycles. The van der Waals surface area contributed by atoms with Crippen LogP contribution in [0.5, 0.6) is 0 Å². The molecule has 1 saturated heterocycles. The normalized spacial score (nSPS) is 19.7. The van der Waals surface area contributed by atoms with Crippen molar-refractivity contribution in [2.75, 3.05) is 26.2 Å². The van der Waals surface area contributed by atoms with E-state index in [4.69, 9.17) is 9.40 Å². The molecule has 3 aromatic heterocycles. The second-order valence-corrected chi connectivity index (χ2v) is 8.42. The van der Waals surface area contributed by atoms with Crippen LogP contribution in [0.4, 0.5) is 0 Å². The molecular formula is C22H30N6O. The van der Waals surface area contributed by atoms with Crippen molar-refractivity contribution in [2.45, 2.75) is 45.3 Å². The second-order valence-electron chi connectivity index (χ2n) is 8.42. The molecule has 1 spiro atoms. The number of furan rings is 1. The van der Waals surface area contributed by atoms with Gasteiger partial charge in [-0.2, -0.15) is 5.10 Å². The molecule has 154 valence electrons. The molecule has 0 saturated carbocycles. The third-order valence-corrected chi connectivity index (χ3v) is 6.71. The van der Waals surface area contributed by atoms with Crippen molar-refractivity contribution in [3.8, 4) is 11.3 Å². The number of imidazole rings is 1. The average molecular weight is 395 g/mol. The van der Waals surface area contributed by atoms with Gasteiger partial charge in [-0.05, 0) is 38.4 Å². The summed E-state index contributed by atoms with van der Waals surface area (Å²) in [5, 5.41) is 4.36. The van der Waals surface area contributed by atoms with E-state index in [-0.39, 0.29) is 5.54 Å². The molecule has 0 radical (unpaired) electrons. The van der Waals surface area contributed by atoms with Crippen molar-refractivity contribution in [2.24, 2.45) is 7.05 Å².